The lowest BCUT2D eigenvalue weighted by Gasteiger charge is -2.36. The number of hydrogen-bond donors (Lipinski definition) is 2. The third kappa shape index (κ3) is 4.92. The van der Waals surface area contributed by atoms with Crippen molar-refractivity contribution in [2.45, 2.75) is 25.8 Å². The van der Waals surface area contributed by atoms with E-state index in [0.29, 0.717) is 5.75 Å². The SMILES string of the molecule is CCC[C@H](c1c(O)cccc1OC)N1CCNCC1.Cl.Cl. The van der Waals surface area contributed by atoms with Gasteiger partial charge in [-0.05, 0) is 18.6 Å². The number of ether oxygens (including phenoxy) is 1. The first-order chi connectivity index (χ1) is 9.27. The van der Waals surface area contributed by atoms with Gasteiger partial charge in [0.15, 0.2) is 0 Å². The third-order valence-electron chi connectivity index (χ3n) is 3.75. The van der Waals surface area contributed by atoms with Gasteiger partial charge < -0.3 is 15.2 Å². The van der Waals surface area contributed by atoms with Crippen LogP contribution in [-0.2, 0) is 0 Å². The van der Waals surface area contributed by atoms with Gasteiger partial charge >= 0.3 is 0 Å². The Morgan fingerprint density at radius 3 is 2.52 bits per heavy atom. The molecule has 4 nitrogen and oxygen atoms in total. The summed E-state index contributed by atoms with van der Waals surface area (Å²) in [5.74, 6) is 1.13. The van der Waals surface area contributed by atoms with E-state index in [-0.39, 0.29) is 30.9 Å². The van der Waals surface area contributed by atoms with E-state index < -0.39 is 0 Å². The maximum absolute atomic E-state index is 10.2. The van der Waals surface area contributed by atoms with Crippen molar-refractivity contribution in [3.8, 4) is 11.5 Å². The van der Waals surface area contributed by atoms with Crippen molar-refractivity contribution in [2.75, 3.05) is 33.3 Å². The lowest BCUT2D eigenvalue weighted by atomic mass is 9.97. The van der Waals surface area contributed by atoms with Crippen LogP contribution in [0.15, 0.2) is 18.2 Å². The normalized spacial score (nSPS) is 16.5. The van der Waals surface area contributed by atoms with Crippen LogP contribution in [-0.4, -0.2) is 43.3 Å². The zero-order valence-electron chi connectivity index (χ0n) is 12.7. The molecule has 1 aliphatic rings. The van der Waals surface area contributed by atoms with Gasteiger partial charge in [-0.1, -0.05) is 19.4 Å². The Balaban J connectivity index is 0.00000200. The van der Waals surface area contributed by atoms with E-state index in [1.807, 2.05) is 12.1 Å². The second-order valence-corrected chi connectivity index (χ2v) is 4.98. The average molecular weight is 337 g/mol. The minimum Gasteiger partial charge on any atom is -0.507 e. The maximum Gasteiger partial charge on any atom is 0.127 e. The summed E-state index contributed by atoms with van der Waals surface area (Å²) in [6, 6.07) is 5.75. The van der Waals surface area contributed by atoms with E-state index in [1.54, 1.807) is 13.2 Å². The highest BCUT2D eigenvalue weighted by atomic mass is 35.5. The predicted octanol–water partition coefficient (Wildman–Crippen LogP) is 2.99. The van der Waals surface area contributed by atoms with Crippen LogP contribution in [0.3, 0.4) is 0 Å². The zero-order valence-corrected chi connectivity index (χ0v) is 14.3. The van der Waals surface area contributed by atoms with Crippen molar-refractivity contribution in [3.05, 3.63) is 23.8 Å². The molecule has 1 aliphatic heterocycles. The summed E-state index contributed by atoms with van der Waals surface area (Å²) in [6.07, 6.45) is 2.13. The van der Waals surface area contributed by atoms with E-state index in [0.717, 1.165) is 50.3 Å². The van der Waals surface area contributed by atoms with Crippen LogP contribution in [0.4, 0.5) is 0 Å². The highest BCUT2D eigenvalue weighted by Crippen LogP contribution is 2.38. The van der Waals surface area contributed by atoms with Crippen molar-refractivity contribution in [1.82, 2.24) is 10.2 Å². The monoisotopic (exact) mass is 336 g/mol. The first-order valence-electron chi connectivity index (χ1n) is 7.08. The van der Waals surface area contributed by atoms with Crippen LogP contribution >= 0.6 is 24.8 Å². The van der Waals surface area contributed by atoms with Gasteiger partial charge in [-0.3, -0.25) is 4.90 Å². The van der Waals surface area contributed by atoms with Crippen molar-refractivity contribution >= 4 is 24.8 Å². The molecule has 2 rings (SSSR count). The highest BCUT2D eigenvalue weighted by molar-refractivity contribution is 5.85. The third-order valence-corrected chi connectivity index (χ3v) is 3.75. The molecule has 1 heterocycles. The highest BCUT2D eigenvalue weighted by Gasteiger charge is 2.26. The second kappa shape index (κ2) is 10.1. The standard InChI is InChI=1S/C15H24N2O2.2ClH/c1-3-5-12(17-10-8-16-9-11-17)15-13(18)6-4-7-14(15)19-2;;/h4,6-7,12,16,18H,3,5,8-11H2,1-2H3;2*1H/t12-;;/m1../s1. The van der Waals surface area contributed by atoms with Gasteiger partial charge in [0.05, 0.1) is 12.7 Å². The van der Waals surface area contributed by atoms with Crippen molar-refractivity contribution in [1.29, 1.82) is 0 Å². The molecule has 0 radical (unpaired) electrons. The summed E-state index contributed by atoms with van der Waals surface area (Å²) >= 11 is 0. The number of halogens is 2. The Morgan fingerprint density at radius 2 is 1.95 bits per heavy atom. The topological polar surface area (TPSA) is 44.7 Å². The molecule has 0 unspecified atom stereocenters. The molecule has 0 aliphatic carbocycles. The number of piperazine rings is 1. The molecular weight excluding hydrogens is 311 g/mol. The number of rotatable bonds is 5. The minimum absolute atomic E-state index is 0. The smallest absolute Gasteiger partial charge is 0.127 e. The largest absolute Gasteiger partial charge is 0.507 e. The first kappa shape index (κ1) is 20.3. The Labute approximate surface area is 139 Å². The summed E-state index contributed by atoms with van der Waals surface area (Å²) in [7, 11) is 1.67. The number of nitrogens with one attached hydrogen (secondary N) is 1. The van der Waals surface area contributed by atoms with Crippen LogP contribution in [0.5, 0.6) is 11.5 Å². The average Bonchev–Trinajstić information content (AvgIpc) is 2.46. The van der Waals surface area contributed by atoms with E-state index in [2.05, 4.69) is 17.1 Å². The summed E-state index contributed by atoms with van der Waals surface area (Å²) in [5.41, 5.74) is 0.939. The zero-order chi connectivity index (χ0) is 13.7. The lowest BCUT2D eigenvalue weighted by Crippen LogP contribution is -2.45. The summed E-state index contributed by atoms with van der Waals surface area (Å²) < 4.78 is 5.44. The van der Waals surface area contributed by atoms with Crippen LogP contribution in [0.1, 0.15) is 31.4 Å². The van der Waals surface area contributed by atoms with Gasteiger partial charge in [-0.2, -0.15) is 0 Å². The molecule has 0 bridgehead atoms. The van der Waals surface area contributed by atoms with E-state index in [4.69, 9.17) is 4.74 Å². The van der Waals surface area contributed by atoms with Crippen LogP contribution in [0.2, 0.25) is 0 Å². The Kier molecular flexibility index (Phi) is 9.79. The number of phenolic OH excluding ortho intramolecular Hbond substituents is 1. The molecular formula is C15H26Cl2N2O2. The fraction of sp³-hybridized carbons (Fsp3) is 0.600. The van der Waals surface area contributed by atoms with Crippen molar-refractivity contribution in [2.24, 2.45) is 0 Å². The van der Waals surface area contributed by atoms with Crippen LogP contribution in [0, 0.1) is 0 Å². The molecule has 0 aromatic heterocycles. The molecule has 0 amide bonds. The van der Waals surface area contributed by atoms with Crippen molar-refractivity contribution < 1.29 is 9.84 Å². The van der Waals surface area contributed by atoms with Crippen LogP contribution < -0.4 is 10.1 Å². The number of hydrogen-bond acceptors (Lipinski definition) is 4. The van der Waals surface area contributed by atoms with Crippen LogP contribution in [0.25, 0.3) is 0 Å². The Hall–Kier alpha value is -0.680. The molecule has 1 atom stereocenters. The minimum atomic E-state index is 0. The molecule has 1 aromatic carbocycles. The summed E-state index contributed by atoms with van der Waals surface area (Å²) in [4.78, 5) is 2.44. The van der Waals surface area contributed by atoms with E-state index in [1.165, 1.54) is 0 Å². The summed E-state index contributed by atoms with van der Waals surface area (Å²) in [5, 5.41) is 13.6. The molecule has 6 heteroatoms. The summed E-state index contributed by atoms with van der Waals surface area (Å²) in [6.45, 7) is 6.23. The molecule has 1 aromatic rings. The molecule has 1 saturated heterocycles. The molecule has 0 saturated carbocycles. The van der Waals surface area contributed by atoms with Gasteiger partial charge in [-0.25, -0.2) is 0 Å². The number of benzene rings is 1. The van der Waals surface area contributed by atoms with Gasteiger partial charge in [-0.15, -0.1) is 24.8 Å². The quantitative estimate of drug-likeness (QED) is 0.867. The number of aromatic hydroxyl groups is 1. The molecule has 2 N–H and O–H groups in total. The molecule has 21 heavy (non-hydrogen) atoms. The Morgan fingerprint density at radius 1 is 1.29 bits per heavy atom. The van der Waals surface area contributed by atoms with Gasteiger partial charge in [0.2, 0.25) is 0 Å². The number of phenols is 1. The predicted molar refractivity (Wildman–Crippen MR) is 91.2 cm³/mol. The lowest BCUT2D eigenvalue weighted by molar-refractivity contribution is 0.159. The van der Waals surface area contributed by atoms with Gasteiger partial charge in [0, 0.05) is 32.2 Å². The maximum atomic E-state index is 10.2. The Bertz CT molecular complexity index is 413. The number of methoxy groups -OCH3 is 1. The van der Waals surface area contributed by atoms with Gasteiger partial charge in [0.1, 0.15) is 11.5 Å². The van der Waals surface area contributed by atoms with Gasteiger partial charge in [0.25, 0.3) is 0 Å². The number of nitrogens with zero attached hydrogens (tertiary/aromatic N) is 1. The van der Waals surface area contributed by atoms with Crippen molar-refractivity contribution in [3.63, 3.8) is 0 Å². The molecule has 0 spiro atoms. The fourth-order valence-corrected chi connectivity index (χ4v) is 2.82. The van der Waals surface area contributed by atoms with E-state index >= 15 is 0 Å². The molecule has 1 fully saturated rings. The fourth-order valence-electron chi connectivity index (χ4n) is 2.82. The first-order valence-corrected chi connectivity index (χ1v) is 7.08. The molecule has 122 valence electrons. The van der Waals surface area contributed by atoms with E-state index in [9.17, 15) is 5.11 Å². The second-order valence-electron chi connectivity index (χ2n) is 4.98.